The van der Waals surface area contributed by atoms with Crippen LogP contribution in [0.25, 0.3) is 5.76 Å². The third-order valence-corrected chi connectivity index (χ3v) is 7.93. The number of benzene rings is 4. The Labute approximate surface area is 259 Å². The second-order valence-electron chi connectivity index (χ2n) is 10.8. The molecule has 4 aromatic rings. The van der Waals surface area contributed by atoms with Crippen molar-refractivity contribution in [3.8, 4) is 17.2 Å². The summed E-state index contributed by atoms with van der Waals surface area (Å²) in [6.07, 6.45) is 0. The molecule has 0 bridgehead atoms. The molecule has 1 amide bonds. The van der Waals surface area contributed by atoms with Gasteiger partial charge < -0.3 is 24.4 Å². The highest BCUT2D eigenvalue weighted by atomic mass is 16.5. The molecule has 0 saturated carbocycles. The van der Waals surface area contributed by atoms with E-state index in [4.69, 9.17) is 9.47 Å². The number of aliphatic hydroxyl groups excluding tert-OH is 1. The number of amides is 1. The molecule has 0 aromatic heterocycles. The number of aliphatic hydroxyl groups is 1. The fourth-order valence-corrected chi connectivity index (χ4v) is 5.47. The van der Waals surface area contributed by atoms with E-state index in [0.29, 0.717) is 48.1 Å². The number of aryl methyl sites for hydroxylation is 1. The van der Waals surface area contributed by atoms with Gasteiger partial charge in [0.1, 0.15) is 29.6 Å². The predicted octanol–water partition coefficient (Wildman–Crippen LogP) is 7.13. The smallest absolute Gasteiger partial charge is 0.295 e. The molecule has 4 aromatic carbocycles. The molecule has 7 heteroatoms. The Hall–Kier alpha value is -4.88. The summed E-state index contributed by atoms with van der Waals surface area (Å²) >= 11 is 0. The average Bonchev–Trinajstić information content (AvgIpc) is 3.30. The van der Waals surface area contributed by atoms with Crippen molar-refractivity contribution in [1.29, 1.82) is 0 Å². The van der Waals surface area contributed by atoms with Gasteiger partial charge in [0.2, 0.25) is 0 Å². The lowest BCUT2D eigenvalue weighted by atomic mass is 9.94. The van der Waals surface area contributed by atoms with Crippen LogP contribution in [0.1, 0.15) is 42.1 Å². The molecule has 0 spiro atoms. The Balaban J connectivity index is 1.50. The Kier molecular flexibility index (Phi) is 9.77. The van der Waals surface area contributed by atoms with Gasteiger partial charge in [-0.1, -0.05) is 74.5 Å². The number of hydrogen-bond acceptors (Lipinski definition) is 6. The summed E-state index contributed by atoms with van der Waals surface area (Å²) in [5.74, 6) is 0.364. The number of likely N-dealkylation sites (N-methyl/N-ethyl adjacent to an activating group) is 1. The van der Waals surface area contributed by atoms with E-state index in [1.165, 1.54) is 0 Å². The molecule has 226 valence electrons. The molecule has 1 atom stereocenters. The fraction of sp³-hybridized carbons (Fsp3) is 0.243. The topological polar surface area (TPSA) is 79.3 Å². The van der Waals surface area contributed by atoms with Gasteiger partial charge in [-0.05, 0) is 79.2 Å². The summed E-state index contributed by atoms with van der Waals surface area (Å²) in [5.41, 5.74) is 3.03. The summed E-state index contributed by atoms with van der Waals surface area (Å²) < 4.78 is 12.1. The van der Waals surface area contributed by atoms with Gasteiger partial charge in [-0.3, -0.25) is 9.59 Å². The summed E-state index contributed by atoms with van der Waals surface area (Å²) in [7, 11) is 0. The monoisotopic (exact) mass is 590 g/mol. The van der Waals surface area contributed by atoms with E-state index in [1.807, 2.05) is 91.9 Å². The van der Waals surface area contributed by atoms with E-state index in [2.05, 4.69) is 18.7 Å². The Morgan fingerprint density at radius 3 is 2.20 bits per heavy atom. The molecular formula is C37H38N2O5. The molecule has 1 aliphatic rings. The van der Waals surface area contributed by atoms with Gasteiger partial charge >= 0.3 is 0 Å². The van der Waals surface area contributed by atoms with E-state index >= 15 is 0 Å². The molecule has 5 rings (SSSR count). The Morgan fingerprint density at radius 1 is 0.841 bits per heavy atom. The second kappa shape index (κ2) is 14.1. The number of rotatable bonds is 12. The van der Waals surface area contributed by atoms with E-state index in [1.54, 1.807) is 23.1 Å². The first kappa shape index (κ1) is 30.6. The van der Waals surface area contributed by atoms with Crippen LogP contribution in [0.3, 0.4) is 0 Å². The number of Topliss-reactive ketones (excluding diaryl/α,β-unsaturated/α-hetero) is 1. The maximum atomic E-state index is 13.6. The third-order valence-electron chi connectivity index (χ3n) is 7.93. The molecule has 44 heavy (non-hydrogen) atoms. The zero-order chi connectivity index (χ0) is 31.1. The van der Waals surface area contributed by atoms with Gasteiger partial charge in [0.05, 0.1) is 11.6 Å². The predicted molar refractivity (Wildman–Crippen MR) is 172 cm³/mol. The van der Waals surface area contributed by atoms with Crippen molar-refractivity contribution >= 4 is 17.4 Å². The first-order valence-corrected chi connectivity index (χ1v) is 15.0. The van der Waals surface area contributed by atoms with Crippen molar-refractivity contribution in [3.63, 3.8) is 0 Å². The van der Waals surface area contributed by atoms with Gasteiger partial charge in [0, 0.05) is 18.7 Å². The van der Waals surface area contributed by atoms with Gasteiger partial charge in [0.15, 0.2) is 0 Å². The lowest BCUT2D eigenvalue weighted by Crippen LogP contribution is -2.38. The zero-order valence-corrected chi connectivity index (χ0v) is 25.4. The minimum atomic E-state index is -0.779. The van der Waals surface area contributed by atoms with Crippen LogP contribution in [0.2, 0.25) is 0 Å². The van der Waals surface area contributed by atoms with Crippen LogP contribution in [-0.2, 0) is 16.2 Å². The molecular weight excluding hydrogens is 552 g/mol. The van der Waals surface area contributed by atoms with Crippen molar-refractivity contribution in [2.45, 2.75) is 33.4 Å². The van der Waals surface area contributed by atoms with E-state index < -0.39 is 17.7 Å². The van der Waals surface area contributed by atoms with E-state index in [-0.39, 0.29) is 11.3 Å². The molecule has 0 radical (unpaired) electrons. The van der Waals surface area contributed by atoms with Crippen LogP contribution in [0, 0.1) is 6.92 Å². The van der Waals surface area contributed by atoms with Crippen molar-refractivity contribution in [1.82, 2.24) is 9.80 Å². The van der Waals surface area contributed by atoms with Crippen LogP contribution in [0.4, 0.5) is 0 Å². The van der Waals surface area contributed by atoms with Crippen LogP contribution >= 0.6 is 0 Å². The third kappa shape index (κ3) is 6.84. The summed E-state index contributed by atoms with van der Waals surface area (Å²) in [6.45, 7) is 9.01. The van der Waals surface area contributed by atoms with Gasteiger partial charge in [-0.25, -0.2) is 0 Å². The average molecular weight is 591 g/mol. The number of ether oxygens (including phenoxy) is 2. The maximum Gasteiger partial charge on any atom is 0.295 e. The van der Waals surface area contributed by atoms with Crippen molar-refractivity contribution < 1.29 is 24.2 Å². The van der Waals surface area contributed by atoms with Crippen molar-refractivity contribution in [2.75, 3.05) is 26.2 Å². The molecule has 1 unspecified atom stereocenters. The van der Waals surface area contributed by atoms with Gasteiger partial charge in [-0.15, -0.1) is 0 Å². The van der Waals surface area contributed by atoms with E-state index in [0.717, 1.165) is 24.2 Å². The zero-order valence-electron chi connectivity index (χ0n) is 25.4. The number of hydrogen-bond donors (Lipinski definition) is 1. The molecule has 1 saturated heterocycles. The highest BCUT2D eigenvalue weighted by Crippen LogP contribution is 2.41. The first-order chi connectivity index (χ1) is 21.4. The molecule has 1 aliphatic heterocycles. The summed E-state index contributed by atoms with van der Waals surface area (Å²) in [6, 6.07) is 31.1. The normalized spacial score (nSPS) is 16.0. The molecule has 1 N–H and O–H groups in total. The summed E-state index contributed by atoms with van der Waals surface area (Å²) in [5, 5.41) is 11.7. The van der Waals surface area contributed by atoms with Crippen LogP contribution in [0.15, 0.2) is 109 Å². The molecule has 1 heterocycles. The first-order valence-electron chi connectivity index (χ1n) is 15.0. The number of carbonyl (C=O) groups is 2. The van der Waals surface area contributed by atoms with Crippen LogP contribution in [-0.4, -0.2) is 52.8 Å². The lowest BCUT2D eigenvalue weighted by molar-refractivity contribution is -0.140. The van der Waals surface area contributed by atoms with Crippen LogP contribution in [0.5, 0.6) is 17.2 Å². The van der Waals surface area contributed by atoms with Crippen LogP contribution < -0.4 is 9.47 Å². The second-order valence-corrected chi connectivity index (χ2v) is 10.8. The molecule has 0 aliphatic carbocycles. The highest BCUT2D eigenvalue weighted by Gasteiger charge is 2.46. The molecule has 7 nitrogen and oxygen atoms in total. The number of carbonyl (C=O) groups excluding carboxylic acids is 2. The largest absolute Gasteiger partial charge is 0.507 e. The number of likely N-dealkylation sites (tertiary alicyclic amines) is 1. The quantitative estimate of drug-likeness (QED) is 0.107. The van der Waals surface area contributed by atoms with Crippen molar-refractivity contribution in [3.05, 3.63) is 131 Å². The Morgan fingerprint density at radius 2 is 1.52 bits per heavy atom. The Bertz CT molecular complexity index is 1630. The van der Waals surface area contributed by atoms with Gasteiger partial charge in [-0.2, -0.15) is 0 Å². The standard InChI is InChI=1S/C37H38N2O5/c1-4-38(5-2)21-22-39-34(28-15-12-18-31(24-28)44-30-16-10-7-11-17-30)33(36(41)37(39)42)35(40)29-19-20-32(26(3)23-29)43-25-27-13-8-6-9-14-27/h6-20,23-24,34,40H,4-5,21-22,25H2,1-3H3/b35-33-. The highest BCUT2D eigenvalue weighted by molar-refractivity contribution is 6.46. The van der Waals surface area contributed by atoms with Crippen molar-refractivity contribution in [2.24, 2.45) is 0 Å². The van der Waals surface area contributed by atoms with E-state index in [9.17, 15) is 14.7 Å². The lowest BCUT2D eigenvalue weighted by Gasteiger charge is -2.28. The fourth-order valence-electron chi connectivity index (χ4n) is 5.47. The number of nitrogens with zero attached hydrogens (tertiary/aromatic N) is 2. The minimum absolute atomic E-state index is 0.0590. The number of ketones is 1. The summed E-state index contributed by atoms with van der Waals surface area (Å²) in [4.78, 5) is 30.9. The SMILES string of the molecule is CCN(CC)CCN1C(=O)C(=O)/C(=C(\O)c2ccc(OCc3ccccc3)c(C)c2)C1c1cccc(Oc2ccccc2)c1. The van der Waals surface area contributed by atoms with Gasteiger partial charge in [0.25, 0.3) is 11.7 Å². The maximum absolute atomic E-state index is 13.6. The molecule has 1 fully saturated rings. The number of para-hydroxylation sites is 1. The minimum Gasteiger partial charge on any atom is -0.507 e.